The van der Waals surface area contributed by atoms with Crippen LogP contribution in [0.25, 0.3) is 10.9 Å². The molecule has 4 heteroatoms. The lowest BCUT2D eigenvalue weighted by Gasteiger charge is -2.08. The highest BCUT2D eigenvalue weighted by Gasteiger charge is 2.05. The van der Waals surface area contributed by atoms with E-state index in [-0.39, 0.29) is 5.56 Å². The first-order chi connectivity index (χ1) is 12.8. The van der Waals surface area contributed by atoms with Crippen molar-refractivity contribution in [3.05, 3.63) is 106 Å². The Kier molecular flexibility index (Phi) is 4.48. The molecule has 128 valence electrons. The van der Waals surface area contributed by atoms with E-state index in [1.165, 1.54) is 0 Å². The van der Waals surface area contributed by atoms with Gasteiger partial charge in [0.1, 0.15) is 18.2 Å². The van der Waals surface area contributed by atoms with E-state index >= 15 is 0 Å². The maximum Gasteiger partial charge on any atom is 0.258 e. The molecule has 0 bridgehead atoms. The summed E-state index contributed by atoms with van der Waals surface area (Å²) in [6.07, 6.45) is 0.568. The van der Waals surface area contributed by atoms with Gasteiger partial charge in [-0.15, -0.1) is 0 Å². The first-order valence-corrected chi connectivity index (χ1v) is 8.51. The molecule has 0 aliphatic heterocycles. The Balaban J connectivity index is 1.46. The van der Waals surface area contributed by atoms with Gasteiger partial charge < -0.3 is 9.72 Å². The van der Waals surface area contributed by atoms with Crippen molar-refractivity contribution in [2.75, 3.05) is 0 Å². The SMILES string of the molecule is O=c1[nH]c(Cc2ccc(OCc3ccccc3)cc2)nc2ccccc12. The molecule has 1 heterocycles. The minimum atomic E-state index is -0.103. The van der Waals surface area contributed by atoms with Crippen LogP contribution in [0.1, 0.15) is 17.0 Å². The summed E-state index contributed by atoms with van der Waals surface area (Å²) in [5, 5.41) is 0.612. The minimum Gasteiger partial charge on any atom is -0.489 e. The van der Waals surface area contributed by atoms with Crippen LogP contribution in [-0.2, 0) is 13.0 Å². The number of nitrogens with zero attached hydrogens (tertiary/aromatic N) is 1. The molecule has 0 radical (unpaired) electrons. The van der Waals surface area contributed by atoms with Crippen LogP contribution in [0.3, 0.4) is 0 Å². The van der Waals surface area contributed by atoms with Gasteiger partial charge >= 0.3 is 0 Å². The predicted octanol–water partition coefficient (Wildman–Crippen LogP) is 4.09. The molecule has 4 rings (SSSR count). The van der Waals surface area contributed by atoms with Crippen molar-refractivity contribution >= 4 is 10.9 Å². The fraction of sp³-hybridized carbons (Fsp3) is 0.0909. The quantitative estimate of drug-likeness (QED) is 0.594. The average molecular weight is 342 g/mol. The van der Waals surface area contributed by atoms with Gasteiger partial charge in [-0.3, -0.25) is 4.79 Å². The van der Waals surface area contributed by atoms with Gasteiger partial charge in [0.15, 0.2) is 0 Å². The molecule has 0 saturated carbocycles. The zero-order valence-electron chi connectivity index (χ0n) is 14.2. The van der Waals surface area contributed by atoms with Crippen LogP contribution >= 0.6 is 0 Å². The molecule has 0 spiro atoms. The molecule has 0 aliphatic carbocycles. The third-order valence-electron chi connectivity index (χ3n) is 4.21. The second-order valence-corrected chi connectivity index (χ2v) is 6.12. The Hall–Kier alpha value is -3.40. The lowest BCUT2D eigenvalue weighted by molar-refractivity contribution is 0.306. The third kappa shape index (κ3) is 3.64. The molecule has 26 heavy (non-hydrogen) atoms. The smallest absolute Gasteiger partial charge is 0.258 e. The van der Waals surface area contributed by atoms with E-state index in [4.69, 9.17) is 4.74 Å². The highest BCUT2D eigenvalue weighted by Crippen LogP contribution is 2.16. The first kappa shape index (κ1) is 16.1. The number of nitrogens with one attached hydrogen (secondary N) is 1. The second-order valence-electron chi connectivity index (χ2n) is 6.12. The van der Waals surface area contributed by atoms with Gasteiger partial charge in [-0.25, -0.2) is 4.98 Å². The van der Waals surface area contributed by atoms with Crippen molar-refractivity contribution in [3.63, 3.8) is 0 Å². The zero-order chi connectivity index (χ0) is 17.8. The standard InChI is InChI=1S/C22H18N2O2/c25-22-19-8-4-5-9-20(19)23-21(24-22)14-16-10-12-18(13-11-16)26-15-17-6-2-1-3-7-17/h1-13H,14-15H2,(H,23,24,25). The van der Waals surface area contributed by atoms with Crippen LogP contribution in [0.2, 0.25) is 0 Å². The number of benzene rings is 3. The molecular weight excluding hydrogens is 324 g/mol. The Labute approximate surface area is 151 Å². The molecule has 0 amide bonds. The second kappa shape index (κ2) is 7.23. The summed E-state index contributed by atoms with van der Waals surface area (Å²) in [7, 11) is 0. The van der Waals surface area contributed by atoms with Crippen LogP contribution in [0.5, 0.6) is 5.75 Å². The van der Waals surface area contributed by atoms with E-state index in [2.05, 4.69) is 9.97 Å². The minimum absolute atomic E-state index is 0.103. The van der Waals surface area contributed by atoms with Gasteiger partial charge in [-0.1, -0.05) is 54.6 Å². The van der Waals surface area contributed by atoms with Crippen LogP contribution in [0.4, 0.5) is 0 Å². The lowest BCUT2D eigenvalue weighted by Crippen LogP contribution is -2.12. The van der Waals surface area contributed by atoms with E-state index in [0.717, 1.165) is 16.9 Å². The molecule has 4 nitrogen and oxygen atoms in total. The Morgan fingerprint density at radius 2 is 1.54 bits per heavy atom. The molecule has 0 unspecified atom stereocenters. The van der Waals surface area contributed by atoms with E-state index in [9.17, 15) is 4.79 Å². The number of hydrogen-bond acceptors (Lipinski definition) is 3. The summed E-state index contributed by atoms with van der Waals surface area (Å²) in [5.41, 5.74) is 2.81. The highest BCUT2D eigenvalue weighted by atomic mass is 16.5. The van der Waals surface area contributed by atoms with Crippen LogP contribution < -0.4 is 10.3 Å². The van der Waals surface area contributed by atoms with Crippen molar-refractivity contribution < 1.29 is 4.74 Å². The van der Waals surface area contributed by atoms with Gasteiger partial charge in [-0.2, -0.15) is 0 Å². The summed E-state index contributed by atoms with van der Waals surface area (Å²) in [5.74, 6) is 1.48. The summed E-state index contributed by atoms with van der Waals surface area (Å²) in [6.45, 7) is 0.541. The van der Waals surface area contributed by atoms with E-state index in [0.29, 0.717) is 29.8 Å². The van der Waals surface area contributed by atoms with Crippen LogP contribution in [0.15, 0.2) is 83.7 Å². The van der Waals surface area contributed by atoms with E-state index in [1.807, 2.05) is 72.8 Å². The number of H-pyrrole nitrogens is 1. The summed E-state index contributed by atoms with van der Waals surface area (Å²) < 4.78 is 5.80. The zero-order valence-corrected chi connectivity index (χ0v) is 14.2. The average Bonchev–Trinajstić information content (AvgIpc) is 2.68. The van der Waals surface area contributed by atoms with Crippen molar-refractivity contribution in [2.45, 2.75) is 13.0 Å². The third-order valence-corrected chi connectivity index (χ3v) is 4.21. The van der Waals surface area contributed by atoms with E-state index < -0.39 is 0 Å². The van der Waals surface area contributed by atoms with Crippen molar-refractivity contribution in [3.8, 4) is 5.75 Å². The lowest BCUT2D eigenvalue weighted by atomic mass is 10.1. The monoisotopic (exact) mass is 342 g/mol. The number of rotatable bonds is 5. The van der Waals surface area contributed by atoms with Gasteiger partial charge in [0, 0.05) is 6.42 Å². The van der Waals surface area contributed by atoms with Gasteiger partial charge in [0.2, 0.25) is 0 Å². The number of hydrogen-bond donors (Lipinski definition) is 1. The molecule has 4 aromatic rings. The number of aromatic nitrogens is 2. The fourth-order valence-electron chi connectivity index (χ4n) is 2.86. The highest BCUT2D eigenvalue weighted by molar-refractivity contribution is 5.77. The largest absolute Gasteiger partial charge is 0.489 e. The van der Waals surface area contributed by atoms with Crippen LogP contribution in [0, 0.1) is 0 Å². The van der Waals surface area contributed by atoms with Crippen LogP contribution in [-0.4, -0.2) is 9.97 Å². The number of para-hydroxylation sites is 1. The molecule has 0 atom stereocenters. The number of fused-ring (bicyclic) bond motifs is 1. The molecular formula is C22H18N2O2. The maximum absolute atomic E-state index is 12.1. The van der Waals surface area contributed by atoms with E-state index in [1.54, 1.807) is 6.07 Å². The number of ether oxygens (including phenoxy) is 1. The Morgan fingerprint density at radius 3 is 2.35 bits per heavy atom. The van der Waals surface area contributed by atoms with Gasteiger partial charge in [-0.05, 0) is 35.4 Å². The molecule has 0 aliphatic rings. The Morgan fingerprint density at radius 1 is 0.808 bits per heavy atom. The van der Waals surface area contributed by atoms with Crippen molar-refractivity contribution in [2.24, 2.45) is 0 Å². The molecule has 0 fully saturated rings. The molecule has 0 saturated heterocycles. The molecule has 1 N–H and O–H groups in total. The number of aromatic amines is 1. The molecule has 1 aromatic heterocycles. The Bertz CT molecular complexity index is 1070. The molecule has 3 aromatic carbocycles. The van der Waals surface area contributed by atoms with Gasteiger partial charge in [0.05, 0.1) is 10.9 Å². The maximum atomic E-state index is 12.1. The van der Waals surface area contributed by atoms with Gasteiger partial charge in [0.25, 0.3) is 5.56 Å². The summed E-state index contributed by atoms with van der Waals surface area (Å²) in [4.78, 5) is 19.6. The fourth-order valence-corrected chi connectivity index (χ4v) is 2.86. The summed E-state index contributed by atoms with van der Waals surface area (Å²) in [6, 6.07) is 25.3. The van der Waals surface area contributed by atoms with Crippen molar-refractivity contribution in [1.29, 1.82) is 0 Å². The first-order valence-electron chi connectivity index (χ1n) is 8.51. The predicted molar refractivity (Wildman–Crippen MR) is 102 cm³/mol. The van der Waals surface area contributed by atoms with Crippen molar-refractivity contribution in [1.82, 2.24) is 9.97 Å². The normalized spacial score (nSPS) is 10.8. The summed E-state index contributed by atoms with van der Waals surface area (Å²) >= 11 is 0. The topological polar surface area (TPSA) is 55.0 Å².